The molecule has 0 bridgehead atoms. The first kappa shape index (κ1) is 22.7. The first-order chi connectivity index (χ1) is 13.5. The molecule has 1 saturated heterocycles. The van der Waals surface area contributed by atoms with E-state index in [9.17, 15) is 9.90 Å². The fraction of sp³-hybridized carbons (Fsp3) is 0.739. The van der Waals surface area contributed by atoms with Gasteiger partial charge in [-0.05, 0) is 49.7 Å². The van der Waals surface area contributed by atoms with Crippen LogP contribution in [0.1, 0.15) is 82.8 Å². The SMILES string of the molecule is CCCCC(CC)COC(=O)CCC(C)c1c(C)ccnc1N1CC[C@H]1CO. The zero-order valence-corrected chi connectivity index (χ0v) is 18.1. The number of unbranched alkanes of at least 4 members (excludes halogenated alkanes) is 1. The van der Waals surface area contributed by atoms with Crippen molar-refractivity contribution in [3.05, 3.63) is 23.4 Å². The molecule has 1 aromatic heterocycles. The van der Waals surface area contributed by atoms with Gasteiger partial charge < -0.3 is 14.7 Å². The fourth-order valence-electron chi connectivity index (χ4n) is 3.96. The molecule has 2 unspecified atom stereocenters. The van der Waals surface area contributed by atoms with E-state index in [0.29, 0.717) is 18.9 Å². The minimum Gasteiger partial charge on any atom is -0.465 e. The van der Waals surface area contributed by atoms with E-state index in [1.807, 2.05) is 12.3 Å². The molecule has 1 N–H and O–H groups in total. The maximum absolute atomic E-state index is 12.3. The van der Waals surface area contributed by atoms with Gasteiger partial charge in [0.2, 0.25) is 0 Å². The van der Waals surface area contributed by atoms with E-state index in [2.05, 4.69) is 37.6 Å². The Balaban J connectivity index is 1.91. The molecule has 158 valence electrons. The van der Waals surface area contributed by atoms with Gasteiger partial charge >= 0.3 is 5.97 Å². The average Bonchev–Trinajstić information content (AvgIpc) is 2.66. The number of rotatable bonds is 12. The number of carbonyl (C=O) groups excluding carboxylic acids is 1. The molecule has 1 aromatic rings. The number of esters is 1. The third-order valence-corrected chi connectivity index (χ3v) is 6.11. The highest BCUT2D eigenvalue weighted by Gasteiger charge is 2.31. The Morgan fingerprint density at radius 3 is 2.79 bits per heavy atom. The first-order valence-corrected chi connectivity index (χ1v) is 11.0. The van der Waals surface area contributed by atoms with Gasteiger partial charge in [-0.25, -0.2) is 4.98 Å². The molecular formula is C23H38N2O3. The third-order valence-electron chi connectivity index (χ3n) is 6.11. The van der Waals surface area contributed by atoms with Crippen LogP contribution < -0.4 is 4.90 Å². The predicted molar refractivity (Wildman–Crippen MR) is 114 cm³/mol. The van der Waals surface area contributed by atoms with Crippen molar-refractivity contribution >= 4 is 11.8 Å². The van der Waals surface area contributed by atoms with E-state index >= 15 is 0 Å². The van der Waals surface area contributed by atoms with E-state index in [0.717, 1.165) is 38.0 Å². The summed E-state index contributed by atoms with van der Waals surface area (Å²) in [6.07, 6.45) is 8.60. The highest BCUT2D eigenvalue weighted by molar-refractivity contribution is 5.69. The molecule has 0 saturated carbocycles. The van der Waals surface area contributed by atoms with Gasteiger partial charge in [0.05, 0.1) is 19.3 Å². The standard InChI is InChI=1S/C23H38N2O3/c1-5-7-8-19(6-2)16-28-21(27)10-9-17(3)22-18(4)11-13-24-23(22)25-14-12-20(25)15-26/h11,13,17,19-20,26H,5-10,12,14-16H2,1-4H3/t17?,19?,20-/m0/s1. The summed E-state index contributed by atoms with van der Waals surface area (Å²) in [6, 6.07) is 2.19. The number of carbonyl (C=O) groups is 1. The van der Waals surface area contributed by atoms with Crippen molar-refractivity contribution in [3.8, 4) is 0 Å². The van der Waals surface area contributed by atoms with Crippen molar-refractivity contribution in [3.63, 3.8) is 0 Å². The lowest BCUT2D eigenvalue weighted by molar-refractivity contribution is -0.145. The summed E-state index contributed by atoms with van der Waals surface area (Å²) in [7, 11) is 0. The van der Waals surface area contributed by atoms with Crippen LogP contribution in [0.4, 0.5) is 5.82 Å². The van der Waals surface area contributed by atoms with E-state index in [4.69, 9.17) is 4.74 Å². The van der Waals surface area contributed by atoms with Gasteiger partial charge in [-0.3, -0.25) is 4.79 Å². The monoisotopic (exact) mass is 390 g/mol. The summed E-state index contributed by atoms with van der Waals surface area (Å²) in [5.74, 6) is 1.58. The molecule has 1 aliphatic heterocycles. The molecule has 5 heteroatoms. The number of nitrogens with zero attached hydrogens (tertiary/aromatic N) is 2. The van der Waals surface area contributed by atoms with Crippen molar-refractivity contribution in [2.45, 2.75) is 84.6 Å². The predicted octanol–water partition coefficient (Wildman–Crippen LogP) is 4.60. The molecule has 0 aliphatic carbocycles. The summed E-state index contributed by atoms with van der Waals surface area (Å²) in [5.41, 5.74) is 2.39. The number of anilines is 1. The smallest absolute Gasteiger partial charge is 0.305 e. The molecule has 1 fully saturated rings. The number of aliphatic hydroxyl groups is 1. The minimum absolute atomic E-state index is 0.0953. The second kappa shape index (κ2) is 11.4. The average molecular weight is 391 g/mol. The quantitative estimate of drug-likeness (QED) is 0.528. The number of hydrogen-bond donors (Lipinski definition) is 1. The Labute approximate surface area is 170 Å². The second-order valence-corrected chi connectivity index (χ2v) is 8.22. The van der Waals surface area contributed by atoms with Crippen LogP contribution in [-0.2, 0) is 9.53 Å². The molecule has 0 amide bonds. The number of aromatic nitrogens is 1. The van der Waals surface area contributed by atoms with E-state index in [-0.39, 0.29) is 24.5 Å². The van der Waals surface area contributed by atoms with Crippen LogP contribution in [0, 0.1) is 12.8 Å². The van der Waals surface area contributed by atoms with E-state index in [1.165, 1.54) is 24.0 Å². The maximum atomic E-state index is 12.3. The zero-order chi connectivity index (χ0) is 20.5. The minimum atomic E-state index is -0.0953. The van der Waals surface area contributed by atoms with Gasteiger partial charge in [-0.1, -0.05) is 40.0 Å². The van der Waals surface area contributed by atoms with Crippen LogP contribution in [0.5, 0.6) is 0 Å². The molecule has 28 heavy (non-hydrogen) atoms. The molecule has 5 nitrogen and oxygen atoms in total. The van der Waals surface area contributed by atoms with Gasteiger partial charge in [0.25, 0.3) is 0 Å². The second-order valence-electron chi connectivity index (χ2n) is 8.22. The van der Waals surface area contributed by atoms with Crippen LogP contribution >= 0.6 is 0 Å². The van der Waals surface area contributed by atoms with Gasteiger partial charge in [0, 0.05) is 24.7 Å². The van der Waals surface area contributed by atoms with Crippen LogP contribution in [0.25, 0.3) is 0 Å². The molecule has 0 radical (unpaired) electrons. The number of aliphatic hydroxyl groups excluding tert-OH is 1. The van der Waals surface area contributed by atoms with Gasteiger partial charge in [-0.15, -0.1) is 0 Å². The first-order valence-electron chi connectivity index (χ1n) is 11.0. The van der Waals surface area contributed by atoms with Crippen molar-refractivity contribution in [1.29, 1.82) is 0 Å². The normalized spacial score (nSPS) is 18.5. The van der Waals surface area contributed by atoms with E-state index in [1.54, 1.807) is 0 Å². The van der Waals surface area contributed by atoms with Crippen LogP contribution in [-0.4, -0.2) is 41.9 Å². The molecule has 0 aromatic carbocycles. The highest BCUT2D eigenvalue weighted by Crippen LogP contribution is 2.35. The number of aryl methyl sites for hydroxylation is 1. The lowest BCUT2D eigenvalue weighted by Gasteiger charge is -2.42. The topological polar surface area (TPSA) is 62.7 Å². The summed E-state index contributed by atoms with van der Waals surface area (Å²) in [5, 5.41) is 9.54. The Morgan fingerprint density at radius 2 is 2.18 bits per heavy atom. The van der Waals surface area contributed by atoms with Gasteiger partial charge in [0.1, 0.15) is 5.82 Å². The molecule has 2 rings (SSSR count). The van der Waals surface area contributed by atoms with Crippen molar-refractivity contribution in [1.82, 2.24) is 4.98 Å². The lowest BCUT2D eigenvalue weighted by atomic mass is 9.91. The third kappa shape index (κ3) is 5.94. The molecule has 2 heterocycles. The van der Waals surface area contributed by atoms with Crippen LogP contribution in [0.15, 0.2) is 12.3 Å². The highest BCUT2D eigenvalue weighted by atomic mass is 16.5. The molecule has 0 spiro atoms. The molecule has 1 aliphatic rings. The fourth-order valence-corrected chi connectivity index (χ4v) is 3.96. The molecular weight excluding hydrogens is 352 g/mol. The Bertz CT molecular complexity index is 618. The van der Waals surface area contributed by atoms with Crippen molar-refractivity contribution in [2.24, 2.45) is 5.92 Å². The van der Waals surface area contributed by atoms with Gasteiger partial charge in [-0.2, -0.15) is 0 Å². The Hall–Kier alpha value is -1.62. The summed E-state index contributed by atoms with van der Waals surface area (Å²) < 4.78 is 5.56. The maximum Gasteiger partial charge on any atom is 0.305 e. The largest absolute Gasteiger partial charge is 0.465 e. The van der Waals surface area contributed by atoms with Crippen molar-refractivity contribution in [2.75, 3.05) is 24.7 Å². The lowest BCUT2D eigenvalue weighted by Crippen LogP contribution is -2.51. The zero-order valence-electron chi connectivity index (χ0n) is 18.1. The van der Waals surface area contributed by atoms with E-state index < -0.39 is 0 Å². The summed E-state index contributed by atoms with van der Waals surface area (Å²) in [6.45, 7) is 10.3. The molecule has 3 atom stereocenters. The summed E-state index contributed by atoms with van der Waals surface area (Å²) >= 11 is 0. The van der Waals surface area contributed by atoms with Crippen LogP contribution in [0.3, 0.4) is 0 Å². The number of hydrogen-bond acceptors (Lipinski definition) is 5. The van der Waals surface area contributed by atoms with Crippen LogP contribution in [0.2, 0.25) is 0 Å². The summed E-state index contributed by atoms with van der Waals surface area (Å²) in [4.78, 5) is 19.1. The number of ether oxygens (including phenoxy) is 1. The Morgan fingerprint density at radius 1 is 1.39 bits per heavy atom. The number of pyridine rings is 1. The van der Waals surface area contributed by atoms with Crippen molar-refractivity contribution < 1.29 is 14.6 Å². The van der Waals surface area contributed by atoms with Gasteiger partial charge in [0.15, 0.2) is 0 Å². The Kier molecular flexibility index (Phi) is 9.23.